The van der Waals surface area contributed by atoms with Crippen molar-refractivity contribution < 1.29 is 23.5 Å². The predicted molar refractivity (Wildman–Crippen MR) is 53.6 cm³/mol. The Labute approximate surface area is 95.5 Å². The molecule has 0 spiro atoms. The van der Waals surface area contributed by atoms with Crippen molar-refractivity contribution in [1.82, 2.24) is 0 Å². The van der Waals surface area contributed by atoms with Gasteiger partial charge >= 0.3 is 5.69 Å². The molecule has 3 nitrogen and oxygen atoms in total. The minimum absolute atomic E-state index is 0.0297. The first-order valence-electron chi connectivity index (χ1n) is 4.79. The fourth-order valence-corrected chi connectivity index (χ4v) is 1.45. The number of rotatable bonds is 2. The fraction of sp³-hybridized carbons (Fsp3) is 0. The van der Waals surface area contributed by atoms with Gasteiger partial charge in [0.1, 0.15) is 5.82 Å². The monoisotopic (exact) mass is 236 g/mol. The van der Waals surface area contributed by atoms with Crippen LogP contribution in [0.2, 0.25) is 0 Å². The standard InChI is InChI=1S/C12H8F2NO2/c13-9-4-1-3-8(7-9)12(16)11-10(14)5-2-6-15(11)17/h1-7,17H/q+1. The van der Waals surface area contributed by atoms with Crippen molar-refractivity contribution in [3.8, 4) is 0 Å². The van der Waals surface area contributed by atoms with Crippen molar-refractivity contribution in [2.24, 2.45) is 0 Å². The molecule has 0 bridgehead atoms. The maximum atomic E-state index is 13.4. The van der Waals surface area contributed by atoms with E-state index in [4.69, 9.17) is 0 Å². The summed E-state index contributed by atoms with van der Waals surface area (Å²) < 4.78 is 26.7. The lowest BCUT2D eigenvalue weighted by Crippen LogP contribution is -2.38. The number of hydrogen-bond donors (Lipinski definition) is 1. The van der Waals surface area contributed by atoms with Crippen molar-refractivity contribution in [2.45, 2.75) is 0 Å². The number of benzene rings is 1. The Morgan fingerprint density at radius 2 is 1.94 bits per heavy atom. The molecule has 0 amide bonds. The van der Waals surface area contributed by atoms with Crippen LogP contribution in [0.15, 0.2) is 42.6 Å². The Morgan fingerprint density at radius 3 is 2.59 bits per heavy atom. The highest BCUT2D eigenvalue weighted by Gasteiger charge is 2.26. The van der Waals surface area contributed by atoms with Crippen molar-refractivity contribution in [1.29, 1.82) is 0 Å². The van der Waals surface area contributed by atoms with E-state index in [-0.39, 0.29) is 5.56 Å². The number of nitrogens with zero attached hydrogens (tertiary/aromatic N) is 1. The van der Waals surface area contributed by atoms with E-state index in [2.05, 4.69) is 0 Å². The summed E-state index contributed by atoms with van der Waals surface area (Å²) in [5.41, 5.74) is -0.559. The van der Waals surface area contributed by atoms with Gasteiger partial charge in [0.05, 0.1) is 0 Å². The molecule has 0 aliphatic carbocycles. The summed E-state index contributed by atoms with van der Waals surface area (Å²) in [7, 11) is 0. The molecule has 0 aliphatic rings. The van der Waals surface area contributed by atoms with E-state index < -0.39 is 23.1 Å². The summed E-state index contributed by atoms with van der Waals surface area (Å²) in [6.07, 6.45) is 1.12. The zero-order valence-electron chi connectivity index (χ0n) is 8.60. The number of aromatic nitrogens is 1. The van der Waals surface area contributed by atoms with E-state index in [1.807, 2.05) is 0 Å². The highest BCUT2D eigenvalue weighted by atomic mass is 19.1. The van der Waals surface area contributed by atoms with Crippen molar-refractivity contribution in [3.63, 3.8) is 0 Å². The Kier molecular flexibility index (Phi) is 2.82. The van der Waals surface area contributed by atoms with Crippen LogP contribution in [-0.2, 0) is 0 Å². The lowest BCUT2D eigenvalue weighted by Gasteiger charge is -1.98. The van der Waals surface area contributed by atoms with E-state index in [0.717, 1.165) is 18.3 Å². The molecule has 1 aromatic carbocycles. The molecule has 86 valence electrons. The number of pyridine rings is 1. The lowest BCUT2D eigenvalue weighted by atomic mass is 10.1. The van der Waals surface area contributed by atoms with Crippen molar-refractivity contribution >= 4 is 5.78 Å². The Hall–Kier alpha value is -2.30. The van der Waals surface area contributed by atoms with E-state index in [0.29, 0.717) is 4.73 Å². The van der Waals surface area contributed by atoms with Crippen LogP contribution in [0.3, 0.4) is 0 Å². The molecule has 1 heterocycles. The molecular formula is C12H8F2NO2+. The zero-order chi connectivity index (χ0) is 12.4. The molecule has 0 atom stereocenters. The smallest absolute Gasteiger partial charge is 0.284 e. The summed E-state index contributed by atoms with van der Waals surface area (Å²) in [6, 6.07) is 7.12. The molecule has 0 aliphatic heterocycles. The topological polar surface area (TPSA) is 41.2 Å². The molecular weight excluding hydrogens is 228 g/mol. The van der Waals surface area contributed by atoms with E-state index in [1.54, 1.807) is 0 Å². The first kappa shape index (κ1) is 11.2. The van der Waals surface area contributed by atoms with Crippen LogP contribution in [0, 0.1) is 11.6 Å². The van der Waals surface area contributed by atoms with Crippen LogP contribution < -0.4 is 4.73 Å². The second-order valence-electron chi connectivity index (χ2n) is 3.39. The third-order valence-electron chi connectivity index (χ3n) is 2.23. The van der Waals surface area contributed by atoms with Crippen molar-refractivity contribution in [2.75, 3.05) is 0 Å². The van der Waals surface area contributed by atoms with Gasteiger partial charge in [-0.25, -0.2) is 4.39 Å². The minimum atomic E-state index is -0.871. The van der Waals surface area contributed by atoms with Crippen LogP contribution in [-0.4, -0.2) is 11.0 Å². The summed E-state index contributed by atoms with van der Waals surface area (Å²) in [5, 5.41) is 9.35. The van der Waals surface area contributed by atoms with Crippen LogP contribution in [0.5, 0.6) is 0 Å². The summed E-state index contributed by atoms with van der Waals surface area (Å²) in [5.74, 6) is -2.26. The normalized spacial score (nSPS) is 10.2. The first-order valence-corrected chi connectivity index (χ1v) is 4.79. The van der Waals surface area contributed by atoms with E-state index in [9.17, 15) is 18.8 Å². The zero-order valence-corrected chi connectivity index (χ0v) is 8.60. The van der Waals surface area contributed by atoms with E-state index >= 15 is 0 Å². The highest BCUT2D eigenvalue weighted by molar-refractivity contribution is 6.06. The minimum Gasteiger partial charge on any atom is -0.284 e. The number of carbonyl (C=O) groups excluding carboxylic acids is 1. The van der Waals surface area contributed by atoms with Crippen LogP contribution in [0.1, 0.15) is 16.1 Å². The summed E-state index contributed by atoms with van der Waals surface area (Å²) in [4.78, 5) is 11.9. The number of ketones is 1. The summed E-state index contributed by atoms with van der Waals surface area (Å²) in [6.45, 7) is 0. The van der Waals surface area contributed by atoms with Gasteiger partial charge in [0.2, 0.25) is 12.0 Å². The SMILES string of the molecule is O=C(c1cccc(F)c1)c1c(F)ccc[n+]1O. The first-order chi connectivity index (χ1) is 8.09. The van der Waals surface area contributed by atoms with Crippen LogP contribution in [0.25, 0.3) is 0 Å². The van der Waals surface area contributed by atoms with Crippen LogP contribution in [0.4, 0.5) is 8.78 Å². The van der Waals surface area contributed by atoms with Gasteiger partial charge < -0.3 is 0 Å². The van der Waals surface area contributed by atoms with Crippen molar-refractivity contribution in [3.05, 3.63) is 65.5 Å². The molecule has 2 aromatic rings. The van der Waals surface area contributed by atoms with Gasteiger partial charge in [-0.3, -0.25) is 10.0 Å². The van der Waals surface area contributed by atoms with Gasteiger partial charge in [-0.2, -0.15) is 4.39 Å². The molecule has 0 unspecified atom stereocenters. The fourth-order valence-electron chi connectivity index (χ4n) is 1.45. The van der Waals surface area contributed by atoms with Gasteiger partial charge in [0.15, 0.2) is 0 Å². The van der Waals surface area contributed by atoms with Gasteiger partial charge in [0, 0.05) is 16.4 Å². The Bertz CT molecular complexity index is 564. The number of halogens is 2. The molecule has 5 heteroatoms. The second-order valence-corrected chi connectivity index (χ2v) is 3.39. The third kappa shape index (κ3) is 2.13. The Balaban J connectivity index is 2.51. The third-order valence-corrected chi connectivity index (χ3v) is 2.23. The molecule has 1 aromatic heterocycles. The average molecular weight is 236 g/mol. The molecule has 0 saturated heterocycles. The molecule has 0 radical (unpaired) electrons. The van der Waals surface area contributed by atoms with Gasteiger partial charge in [0.25, 0.3) is 5.78 Å². The Morgan fingerprint density at radius 1 is 1.18 bits per heavy atom. The quantitative estimate of drug-likeness (QED) is 0.490. The number of carbonyl (C=O) groups is 1. The summed E-state index contributed by atoms with van der Waals surface area (Å²) >= 11 is 0. The molecule has 17 heavy (non-hydrogen) atoms. The maximum Gasteiger partial charge on any atom is 0.340 e. The highest BCUT2D eigenvalue weighted by Crippen LogP contribution is 2.10. The molecule has 0 fully saturated rings. The van der Waals surface area contributed by atoms with Gasteiger partial charge in [-0.05, 0) is 18.2 Å². The predicted octanol–water partition coefficient (Wildman–Crippen LogP) is 1.72. The maximum absolute atomic E-state index is 13.4. The second kappa shape index (κ2) is 4.29. The van der Waals surface area contributed by atoms with Gasteiger partial charge in [-0.15, -0.1) is 0 Å². The van der Waals surface area contributed by atoms with E-state index in [1.165, 1.54) is 24.3 Å². The largest absolute Gasteiger partial charge is 0.340 e. The lowest BCUT2D eigenvalue weighted by molar-refractivity contribution is -0.906. The van der Waals surface area contributed by atoms with Gasteiger partial charge in [-0.1, -0.05) is 12.1 Å². The number of hydrogen-bond acceptors (Lipinski definition) is 2. The van der Waals surface area contributed by atoms with Crippen LogP contribution >= 0.6 is 0 Å². The molecule has 0 saturated carbocycles. The molecule has 2 rings (SSSR count). The molecule has 1 N–H and O–H groups in total. The average Bonchev–Trinajstić information content (AvgIpc) is 2.28.